The highest BCUT2D eigenvalue weighted by molar-refractivity contribution is 7.13. The normalized spacial score (nSPS) is 23.1. The SMILES string of the molecule is CC(C)(C)c1ccc(-c2nc(C(=O)N3CCCC4CCCCC43)cs2)cc1. The lowest BCUT2D eigenvalue weighted by Gasteiger charge is -2.43. The number of piperidine rings is 1. The minimum atomic E-state index is 0.139. The zero-order valence-corrected chi connectivity index (χ0v) is 17.5. The maximum absolute atomic E-state index is 13.2. The number of hydrogen-bond acceptors (Lipinski definition) is 3. The lowest BCUT2D eigenvalue weighted by molar-refractivity contribution is 0.0386. The Bertz CT molecular complexity index is 801. The molecule has 0 radical (unpaired) electrons. The van der Waals surface area contributed by atoms with Gasteiger partial charge in [0.1, 0.15) is 10.7 Å². The van der Waals surface area contributed by atoms with Gasteiger partial charge in [-0.1, -0.05) is 57.9 Å². The van der Waals surface area contributed by atoms with E-state index in [-0.39, 0.29) is 11.3 Å². The molecule has 4 rings (SSSR count). The summed E-state index contributed by atoms with van der Waals surface area (Å²) in [6, 6.07) is 9.05. The lowest BCUT2D eigenvalue weighted by atomic mass is 9.78. The second-order valence-electron chi connectivity index (χ2n) is 9.12. The second-order valence-corrected chi connectivity index (χ2v) is 9.98. The predicted octanol–water partition coefficient (Wildman–Crippen LogP) is 5.90. The van der Waals surface area contributed by atoms with Gasteiger partial charge in [0.05, 0.1) is 0 Å². The van der Waals surface area contributed by atoms with Crippen LogP contribution in [0.25, 0.3) is 10.6 Å². The highest BCUT2D eigenvalue weighted by Crippen LogP contribution is 2.36. The number of carbonyl (C=O) groups excluding carboxylic acids is 1. The molecule has 1 saturated carbocycles. The van der Waals surface area contributed by atoms with Crippen molar-refractivity contribution in [3.63, 3.8) is 0 Å². The van der Waals surface area contributed by atoms with Crippen LogP contribution in [0.2, 0.25) is 0 Å². The summed E-state index contributed by atoms with van der Waals surface area (Å²) in [6.45, 7) is 7.56. The summed E-state index contributed by atoms with van der Waals surface area (Å²) in [7, 11) is 0. The van der Waals surface area contributed by atoms with E-state index >= 15 is 0 Å². The van der Waals surface area contributed by atoms with Gasteiger partial charge in [-0.15, -0.1) is 11.3 Å². The van der Waals surface area contributed by atoms with Crippen LogP contribution in [0.5, 0.6) is 0 Å². The zero-order chi connectivity index (χ0) is 19.0. The molecular weight excluding hydrogens is 352 g/mol. The summed E-state index contributed by atoms with van der Waals surface area (Å²) < 4.78 is 0. The van der Waals surface area contributed by atoms with Crippen LogP contribution in [0.4, 0.5) is 0 Å². The monoisotopic (exact) mass is 382 g/mol. The Labute approximate surface area is 166 Å². The topological polar surface area (TPSA) is 33.2 Å². The third-order valence-electron chi connectivity index (χ3n) is 6.23. The van der Waals surface area contributed by atoms with E-state index in [1.807, 2.05) is 5.38 Å². The van der Waals surface area contributed by atoms with E-state index in [2.05, 4.69) is 49.9 Å². The van der Waals surface area contributed by atoms with Gasteiger partial charge in [-0.3, -0.25) is 4.79 Å². The first-order valence-corrected chi connectivity index (χ1v) is 11.2. The molecule has 0 bridgehead atoms. The third-order valence-corrected chi connectivity index (χ3v) is 7.12. The molecule has 1 aromatic carbocycles. The largest absolute Gasteiger partial charge is 0.334 e. The van der Waals surface area contributed by atoms with Crippen molar-refractivity contribution in [2.75, 3.05) is 6.54 Å². The minimum absolute atomic E-state index is 0.139. The Morgan fingerprint density at radius 2 is 1.78 bits per heavy atom. The molecule has 2 aliphatic rings. The highest BCUT2D eigenvalue weighted by Gasteiger charge is 2.36. The van der Waals surface area contributed by atoms with Crippen LogP contribution < -0.4 is 0 Å². The molecule has 144 valence electrons. The number of amides is 1. The highest BCUT2D eigenvalue weighted by atomic mass is 32.1. The summed E-state index contributed by atoms with van der Waals surface area (Å²) in [5, 5.41) is 2.89. The number of thiazole rings is 1. The molecule has 2 fully saturated rings. The fraction of sp³-hybridized carbons (Fsp3) is 0.565. The van der Waals surface area contributed by atoms with E-state index in [4.69, 9.17) is 4.98 Å². The number of likely N-dealkylation sites (tertiary alicyclic amines) is 1. The summed E-state index contributed by atoms with van der Waals surface area (Å²) in [4.78, 5) is 20.0. The number of fused-ring (bicyclic) bond motifs is 1. The molecule has 1 aromatic heterocycles. The van der Waals surface area contributed by atoms with Crippen LogP contribution in [0, 0.1) is 5.92 Å². The lowest BCUT2D eigenvalue weighted by Crippen LogP contribution is -2.49. The summed E-state index contributed by atoms with van der Waals surface area (Å²) >= 11 is 1.58. The Morgan fingerprint density at radius 3 is 2.52 bits per heavy atom. The van der Waals surface area contributed by atoms with E-state index in [1.165, 1.54) is 37.7 Å². The quantitative estimate of drug-likeness (QED) is 0.647. The summed E-state index contributed by atoms with van der Waals surface area (Å²) in [6.07, 6.45) is 7.47. The first kappa shape index (κ1) is 18.7. The molecule has 1 saturated heterocycles. The number of nitrogens with zero attached hydrogens (tertiary/aromatic N) is 2. The van der Waals surface area contributed by atoms with Crippen molar-refractivity contribution in [2.45, 2.75) is 70.8 Å². The number of rotatable bonds is 2. The first-order chi connectivity index (χ1) is 12.9. The predicted molar refractivity (Wildman–Crippen MR) is 112 cm³/mol. The Balaban J connectivity index is 1.52. The van der Waals surface area contributed by atoms with E-state index in [9.17, 15) is 4.79 Å². The van der Waals surface area contributed by atoms with Gasteiger partial charge in [0.15, 0.2) is 0 Å². The third kappa shape index (κ3) is 3.82. The molecule has 1 aliphatic heterocycles. The molecule has 4 heteroatoms. The van der Waals surface area contributed by atoms with Gasteiger partial charge in [-0.2, -0.15) is 0 Å². The van der Waals surface area contributed by atoms with Gasteiger partial charge in [0, 0.05) is 23.5 Å². The van der Waals surface area contributed by atoms with E-state index in [1.54, 1.807) is 11.3 Å². The fourth-order valence-corrected chi connectivity index (χ4v) is 5.44. The van der Waals surface area contributed by atoms with Crippen molar-refractivity contribution in [3.8, 4) is 10.6 Å². The molecule has 0 spiro atoms. The van der Waals surface area contributed by atoms with Crippen molar-refractivity contribution in [1.82, 2.24) is 9.88 Å². The molecular formula is C23H30N2OS. The molecule has 0 N–H and O–H groups in total. The smallest absolute Gasteiger partial charge is 0.273 e. The van der Waals surface area contributed by atoms with Gasteiger partial charge in [0.25, 0.3) is 5.91 Å². The molecule has 2 heterocycles. The van der Waals surface area contributed by atoms with Crippen molar-refractivity contribution in [2.24, 2.45) is 5.92 Å². The first-order valence-electron chi connectivity index (χ1n) is 10.3. The minimum Gasteiger partial charge on any atom is -0.334 e. The number of carbonyl (C=O) groups is 1. The average molecular weight is 383 g/mol. The van der Waals surface area contributed by atoms with Gasteiger partial charge < -0.3 is 4.90 Å². The molecule has 27 heavy (non-hydrogen) atoms. The van der Waals surface area contributed by atoms with Crippen LogP contribution in [0.3, 0.4) is 0 Å². The summed E-state index contributed by atoms with van der Waals surface area (Å²) in [5.74, 6) is 0.847. The van der Waals surface area contributed by atoms with Gasteiger partial charge in [-0.05, 0) is 42.6 Å². The van der Waals surface area contributed by atoms with Crippen LogP contribution >= 0.6 is 11.3 Å². The maximum Gasteiger partial charge on any atom is 0.273 e. The Hall–Kier alpha value is -1.68. The average Bonchev–Trinajstić information content (AvgIpc) is 3.16. The van der Waals surface area contributed by atoms with Crippen molar-refractivity contribution >= 4 is 17.2 Å². The summed E-state index contributed by atoms with van der Waals surface area (Å²) in [5.41, 5.74) is 3.19. The second kappa shape index (κ2) is 7.38. The molecule has 3 nitrogen and oxygen atoms in total. The Kier molecular flexibility index (Phi) is 5.11. The fourth-order valence-electron chi connectivity index (χ4n) is 4.64. The van der Waals surface area contributed by atoms with Crippen LogP contribution in [0.1, 0.15) is 75.3 Å². The Morgan fingerprint density at radius 1 is 1.07 bits per heavy atom. The van der Waals surface area contributed by atoms with Gasteiger partial charge in [0.2, 0.25) is 0 Å². The van der Waals surface area contributed by atoms with Crippen molar-refractivity contribution in [3.05, 3.63) is 40.9 Å². The standard InChI is InChI=1S/C23H30N2OS/c1-23(2,3)18-12-10-17(11-13-18)21-24-19(15-27-21)22(26)25-14-6-8-16-7-4-5-9-20(16)25/h10-13,15-16,20H,4-9,14H2,1-3H3. The van der Waals surface area contributed by atoms with Gasteiger partial charge in [-0.25, -0.2) is 4.98 Å². The number of hydrogen-bond donors (Lipinski definition) is 0. The molecule has 2 atom stereocenters. The molecule has 2 aromatic rings. The van der Waals surface area contributed by atoms with E-state index in [0.29, 0.717) is 17.7 Å². The number of aromatic nitrogens is 1. The van der Waals surface area contributed by atoms with Crippen LogP contribution in [0.15, 0.2) is 29.6 Å². The molecule has 1 amide bonds. The van der Waals surface area contributed by atoms with Crippen LogP contribution in [-0.4, -0.2) is 28.4 Å². The molecule has 2 unspecified atom stereocenters. The number of benzene rings is 1. The van der Waals surface area contributed by atoms with Crippen LogP contribution in [-0.2, 0) is 5.41 Å². The van der Waals surface area contributed by atoms with E-state index < -0.39 is 0 Å². The molecule has 1 aliphatic carbocycles. The van der Waals surface area contributed by atoms with Crippen molar-refractivity contribution < 1.29 is 4.79 Å². The van der Waals surface area contributed by atoms with Crippen molar-refractivity contribution in [1.29, 1.82) is 0 Å². The van der Waals surface area contributed by atoms with Gasteiger partial charge >= 0.3 is 0 Å². The van der Waals surface area contributed by atoms with E-state index in [0.717, 1.165) is 23.5 Å². The zero-order valence-electron chi connectivity index (χ0n) is 16.7. The maximum atomic E-state index is 13.2.